The Bertz CT molecular complexity index is 655. The average Bonchev–Trinajstić information content (AvgIpc) is 3.57. The van der Waals surface area contributed by atoms with E-state index in [0.29, 0.717) is 18.1 Å². The van der Waals surface area contributed by atoms with Gasteiger partial charge < -0.3 is 24.4 Å². The van der Waals surface area contributed by atoms with Gasteiger partial charge in [0.25, 0.3) is 0 Å². The molecule has 3 aliphatic heterocycles. The molecule has 0 spiro atoms. The van der Waals surface area contributed by atoms with Crippen LogP contribution in [0.2, 0.25) is 0 Å². The summed E-state index contributed by atoms with van der Waals surface area (Å²) in [5.74, 6) is 1.21. The van der Waals surface area contributed by atoms with E-state index in [1.54, 1.807) is 24.3 Å². The Kier molecular flexibility index (Phi) is 9.24. The minimum absolute atomic E-state index is 0.151. The Hall–Kier alpha value is -1.79. The predicted octanol–water partition coefficient (Wildman–Crippen LogP) is 4.47. The molecule has 6 heteroatoms. The summed E-state index contributed by atoms with van der Waals surface area (Å²) in [4.78, 5) is 0. The quantitative estimate of drug-likeness (QED) is 0.563. The van der Waals surface area contributed by atoms with Gasteiger partial charge in [-0.2, -0.15) is 0 Å². The molecule has 160 valence electrons. The highest BCUT2D eigenvalue weighted by atomic mass is 35.5. The van der Waals surface area contributed by atoms with Crippen molar-refractivity contribution in [1.82, 2.24) is 0 Å². The SMILES string of the molecule is C1CO1.CC(C)(c1ccc(O)cc1)c1ccc(O)cc1.CC1CO1.ClCC1CO1. The van der Waals surface area contributed by atoms with Crippen LogP contribution in [-0.2, 0) is 19.6 Å². The first-order valence-corrected chi connectivity index (χ1v) is 10.3. The third-order valence-electron chi connectivity index (χ3n) is 4.46. The third-order valence-corrected chi connectivity index (χ3v) is 4.80. The predicted molar refractivity (Wildman–Crippen MR) is 115 cm³/mol. The van der Waals surface area contributed by atoms with Gasteiger partial charge in [0.15, 0.2) is 0 Å². The van der Waals surface area contributed by atoms with Gasteiger partial charge in [0.1, 0.15) is 11.5 Å². The van der Waals surface area contributed by atoms with E-state index in [1.165, 1.54) is 0 Å². The fraction of sp³-hybridized carbons (Fsp3) is 0.478. The maximum atomic E-state index is 9.30. The second-order valence-electron chi connectivity index (χ2n) is 7.58. The zero-order valence-corrected chi connectivity index (χ0v) is 18.1. The fourth-order valence-electron chi connectivity index (χ4n) is 2.18. The van der Waals surface area contributed by atoms with Crippen molar-refractivity contribution < 1.29 is 24.4 Å². The average molecular weight is 423 g/mol. The molecule has 0 aromatic heterocycles. The topological polar surface area (TPSA) is 78.0 Å². The maximum absolute atomic E-state index is 9.30. The van der Waals surface area contributed by atoms with E-state index < -0.39 is 0 Å². The number of aromatic hydroxyl groups is 2. The molecule has 3 aliphatic rings. The monoisotopic (exact) mass is 422 g/mol. The van der Waals surface area contributed by atoms with Crippen LogP contribution in [0, 0.1) is 0 Å². The van der Waals surface area contributed by atoms with Crippen LogP contribution in [0.5, 0.6) is 11.5 Å². The van der Waals surface area contributed by atoms with Gasteiger partial charge in [-0.1, -0.05) is 38.1 Å². The minimum Gasteiger partial charge on any atom is -0.508 e. The van der Waals surface area contributed by atoms with Gasteiger partial charge in [0.2, 0.25) is 0 Å². The minimum atomic E-state index is -0.151. The van der Waals surface area contributed by atoms with E-state index in [0.717, 1.165) is 37.6 Å². The van der Waals surface area contributed by atoms with Gasteiger partial charge in [0.05, 0.1) is 44.5 Å². The molecule has 2 unspecified atom stereocenters. The molecule has 2 aromatic rings. The summed E-state index contributed by atoms with van der Waals surface area (Å²) in [6.45, 7) is 10.2. The molecule has 0 amide bonds. The van der Waals surface area contributed by atoms with Crippen molar-refractivity contribution in [1.29, 1.82) is 0 Å². The lowest BCUT2D eigenvalue weighted by atomic mass is 9.78. The number of epoxide rings is 3. The first-order chi connectivity index (χ1) is 13.8. The standard InChI is InChI=1S/C15H16O2.C3H5ClO.C3H6O.C2H4O/c1-15(2,11-3-7-13(16)8-4-11)12-5-9-14(17)10-6-12;4-1-3-2-5-3;1-3-2-4-3;1-2-3-1/h3-10,16-17H,1-2H3;3H,1-2H2;3H,2H2,1H3;1-2H2. The van der Waals surface area contributed by atoms with Gasteiger partial charge >= 0.3 is 0 Å². The molecular formula is C23H31ClO5. The van der Waals surface area contributed by atoms with Gasteiger partial charge in [-0.15, -0.1) is 11.6 Å². The highest BCUT2D eigenvalue weighted by molar-refractivity contribution is 6.18. The van der Waals surface area contributed by atoms with E-state index in [4.69, 9.17) is 21.1 Å². The summed E-state index contributed by atoms with van der Waals surface area (Å²) in [6, 6.07) is 14.4. The lowest BCUT2D eigenvalue weighted by Crippen LogP contribution is -2.18. The molecule has 5 rings (SSSR count). The summed E-state index contributed by atoms with van der Waals surface area (Å²) in [5.41, 5.74) is 2.10. The molecule has 0 aliphatic carbocycles. The van der Waals surface area contributed by atoms with E-state index in [2.05, 4.69) is 25.5 Å². The number of ether oxygens (including phenoxy) is 3. The van der Waals surface area contributed by atoms with Gasteiger partial charge in [0, 0.05) is 5.41 Å². The number of benzene rings is 2. The zero-order valence-electron chi connectivity index (χ0n) is 17.3. The van der Waals surface area contributed by atoms with Crippen molar-refractivity contribution in [2.45, 2.75) is 38.4 Å². The second-order valence-corrected chi connectivity index (χ2v) is 7.89. The van der Waals surface area contributed by atoms with Crippen molar-refractivity contribution >= 4 is 11.6 Å². The van der Waals surface area contributed by atoms with Crippen LogP contribution in [0.3, 0.4) is 0 Å². The molecule has 2 aromatic carbocycles. The maximum Gasteiger partial charge on any atom is 0.115 e. The Morgan fingerprint density at radius 2 is 1.21 bits per heavy atom. The number of phenols is 2. The summed E-state index contributed by atoms with van der Waals surface area (Å²) in [6.07, 6.45) is 0.983. The molecule has 0 saturated carbocycles. The van der Waals surface area contributed by atoms with Crippen LogP contribution in [0.4, 0.5) is 0 Å². The van der Waals surface area contributed by atoms with Crippen LogP contribution in [0.15, 0.2) is 48.5 Å². The van der Waals surface area contributed by atoms with Crippen LogP contribution < -0.4 is 0 Å². The lowest BCUT2D eigenvalue weighted by molar-refractivity contribution is 0.423. The number of alkyl halides is 1. The van der Waals surface area contributed by atoms with E-state index in [9.17, 15) is 10.2 Å². The van der Waals surface area contributed by atoms with Crippen molar-refractivity contribution in [2.24, 2.45) is 0 Å². The number of hydrogen-bond acceptors (Lipinski definition) is 5. The van der Waals surface area contributed by atoms with E-state index >= 15 is 0 Å². The van der Waals surface area contributed by atoms with E-state index in [-0.39, 0.29) is 16.9 Å². The molecule has 5 nitrogen and oxygen atoms in total. The molecule has 3 fully saturated rings. The summed E-state index contributed by atoms with van der Waals surface area (Å²) in [5, 5.41) is 18.6. The Balaban J connectivity index is 0.000000198. The van der Waals surface area contributed by atoms with Crippen molar-refractivity contribution in [3.05, 3.63) is 59.7 Å². The number of hydrogen-bond donors (Lipinski definition) is 2. The molecule has 2 N–H and O–H groups in total. The number of halogens is 1. The Labute approximate surface area is 178 Å². The van der Waals surface area contributed by atoms with Crippen LogP contribution in [-0.4, -0.2) is 54.7 Å². The van der Waals surface area contributed by atoms with E-state index in [1.807, 2.05) is 24.3 Å². The smallest absolute Gasteiger partial charge is 0.115 e. The Morgan fingerprint density at radius 3 is 1.38 bits per heavy atom. The molecule has 2 atom stereocenters. The van der Waals surface area contributed by atoms with Crippen LogP contribution >= 0.6 is 11.6 Å². The van der Waals surface area contributed by atoms with Crippen molar-refractivity contribution in [2.75, 3.05) is 32.3 Å². The van der Waals surface area contributed by atoms with Crippen LogP contribution in [0.1, 0.15) is 31.9 Å². The molecule has 29 heavy (non-hydrogen) atoms. The highest BCUT2D eigenvalue weighted by Crippen LogP contribution is 2.32. The number of phenolic OH excluding ortho intramolecular Hbond substituents is 2. The molecule has 0 radical (unpaired) electrons. The molecule has 3 saturated heterocycles. The largest absolute Gasteiger partial charge is 0.508 e. The molecule has 3 heterocycles. The van der Waals surface area contributed by atoms with Gasteiger partial charge in [-0.25, -0.2) is 0 Å². The molecular weight excluding hydrogens is 392 g/mol. The summed E-state index contributed by atoms with van der Waals surface area (Å²) < 4.78 is 13.9. The third kappa shape index (κ3) is 9.99. The lowest BCUT2D eigenvalue weighted by Gasteiger charge is -2.26. The summed E-state index contributed by atoms with van der Waals surface area (Å²) in [7, 11) is 0. The summed E-state index contributed by atoms with van der Waals surface area (Å²) >= 11 is 5.27. The van der Waals surface area contributed by atoms with Gasteiger partial charge in [-0.05, 0) is 42.3 Å². The fourth-order valence-corrected chi connectivity index (χ4v) is 2.35. The van der Waals surface area contributed by atoms with Crippen LogP contribution in [0.25, 0.3) is 0 Å². The first-order valence-electron chi connectivity index (χ1n) is 9.79. The number of rotatable bonds is 3. The first kappa shape index (κ1) is 23.5. The zero-order chi connectivity index (χ0) is 21.3. The second kappa shape index (κ2) is 11.4. The van der Waals surface area contributed by atoms with Crippen molar-refractivity contribution in [3.63, 3.8) is 0 Å². The molecule has 0 bridgehead atoms. The highest BCUT2D eigenvalue weighted by Gasteiger charge is 2.22. The van der Waals surface area contributed by atoms with Gasteiger partial charge in [-0.3, -0.25) is 0 Å². The normalized spacial score (nSPS) is 20.6. The van der Waals surface area contributed by atoms with Crippen molar-refractivity contribution in [3.8, 4) is 11.5 Å². The Morgan fingerprint density at radius 1 is 0.862 bits per heavy atom.